The summed E-state index contributed by atoms with van der Waals surface area (Å²) in [6.07, 6.45) is 4.18. The minimum absolute atomic E-state index is 0.242. The Bertz CT molecular complexity index is 1000. The van der Waals surface area contributed by atoms with Gasteiger partial charge in [-0.1, -0.05) is 11.6 Å². The number of nitriles is 1. The first-order valence-electron chi connectivity index (χ1n) is 7.51. The fourth-order valence-corrected chi connectivity index (χ4v) is 2.67. The Hall–Kier alpha value is -2.91. The van der Waals surface area contributed by atoms with Crippen molar-refractivity contribution in [3.63, 3.8) is 0 Å². The van der Waals surface area contributed by atoms with Gasteiger partial charge < -0.3 is 5.32 Å². The smallest absolute Gasteiger partial charge is 0.276 e. The zero-order valence-corrected chi connectivity index (χ0v) is 13.3. The van der Waals surface area contributed by atoms with Crippen molar-refractivity contribution in [3.05, 3.63) is 58.5 Å². The molecule has 1 fully saturated rings. The average Bonchev–Trinajstić information content (AvgIpc) is 3.34. The van der Waals surface area contributed by atoms with Crippen LogP contribution in [0.4, 0.5) is 5.69 Å². The van der Waals surface area contributed by atoms with E-state index in [1.807, 2.05) is 12.3 Å². The standard InChI is InChI=1S/C17H12ClN5O/c18-12-4-3-11(8-19)14(7-12)21-17(24)13-5-6-16-20-15(10-1-2-10)9-23(16)22-13/h3-7,9-10H,1-2H2,(H,21,24). The normalized spacial score (nSPS) is 13.7. The van der Waals surface area contributed by atoms with Gasteiger partial charge in [0.05, 0.1) is 23.1 Å². The van der Waals surface area contributed by atoms with Crippen LogP contribution in [0.1, 0.15) is 40.5 Å². The molecule has 0 unspecified atom stereocenters. The zero-order valence-electron chi connectivity index (χ0n) is 12.5. The second kappa shape index (κ2) is 5.62. The summed E-state index contributed by atoms with van der Waals surface area (Å²) < 4.78 is 1.62. The number of benzene rings is 1. The molecule has 6 nitrogen and oxygen atoms in total. The lowest BCUT2D eigenvalue weighted by Gasteiger charge is -2.07. The van der Waals surface area contributed by atoms with E-state index in [4.69, 9.17) is 16.9 Å². The fraction of sp³-hybridized carbons (Fsp3) is 0.176. The lowest BCUT2D eigenvalue weighted by molar-refractivity contribution is 0.102. The van der Waals surface area contributed by atoms with Crippen molar-refractivity contribution in [2.24, 2.45) is 0 Å². The first-order chi connectivity index (χ1) is 11.6. The van der Waals surface area contributed by atoms with Crippen molar-refractivity contribution < 1.29 is 4.79 Å². The maximum Gasteiger partial charge on any atom is 0.276 e. The van der Waals surface area contributed by atoms with Crippen LogP contribution in [-0.4, -0.2) is 20.5 Å². The van der Waals surface area contributed by atoms with Crippen LogP contribution < -0.4 is 5.32 Å². The van der Waals surface area contributed by atoms with E-state index >= 15 is 0 Å². The number of rotatable bonds is 3. The van der Waals surface area contributed by atoms with Crippen LogP contribution >= 0.6 is 11.6 Å². The number of carbonyl (C=O) groups excluding carboxylic acids is 1. The van der Waals surface area contributed by atoms with Crippen LogP contribution in [0.3, 0.4) is 0 Å². The molecule has 0 bridgehead atoms. The Kier molecular flexibility index (Phi) is 3.44. The van der Waals surface area contributed by atoms with Gasteiger partial charge in [-0.3, -0.25) is 4.79 Å². The second-order valence-corrected chi connectivity index (χ2v) is 6.15. The number of aromatic nitrogens is 3. The van der Waals surface area contributed by atoms with Gasteiger partial charge in [-0.15, -0.1) is 0 Å². The highest BCUT2D eigenvalue weighted by Crippen LogP contribution is 2.39. The number of amides is 1. The molecule has 2 aromatic heterocycles. The Balaban J connectivity index is 1.63. The molecular formula is C17H12ClN5O. The molecule has 7 heteroatoms. The monoisotopic (exact) mass is 337 g/mol. The molecule has 1 aliphatic rings. The average molecular weight is 338 g/mol. The molecule has 0 saturated heterocycles. The molecule has 0 aliphatic heterocycles. The van der Waals surface area contributed by atoms with Crippen LogP contribution in [0.5, 0.6) is 0 Å². The van der Waals surface area contributed by atoms with Gasteiger partial charge in [0.2, 0.25) is 0 Å². The number of imidazole rings is 1. The minimum atomic E-state index is -0.405. The van der Waals surface area contributed by atoms with Gasteiger partial charge in [0.1, 0.15) is 11.8 Å². The highest BCUT2D eigenvalue weighted by Gasteiger charge is 2.26. The summed E-state index contributed by atoms with van der Waals surface area (Å²) in [6.45, 7) is 0. The number of hydrogen-bond acceptors (Lipinski definition) is 4. The molecule has 0 spiro atoms. The topological polar surface area (TPSA) is 83.1 Å². The number of anilines is 1. The molecule has 0 atom stereocenters. The Morgan fingerprint density at radius 1 is 1.33 bits per heavy atom. The van der Waals surface area contributed by atoms with Crippen molar-refractivity contribution in [1.29, 1.82) is 5.26 Å². The van der Waals surface area contributed by atoms with Gasteiger partial charge in [0, 0.05) is 10.9 Å². The second-order valence-electron chi connectivity index (χ2n) is 5.72. The minimum Gasteiger partial charge on any atom is -0.319 e. The lowest BCUT2D eigenvalue weighted by atomic mass is 10.2. The Labute approximate surface area is 142 Å². The Morgan fingerprint density at radius 2 is 2.17 bits per heavy atom. The van der Waals surface area contributed by atoms with Crippen LogP contribution in [0.25, 0.3) is 5.65 Å². The largest absolute Gasteiger partial charge is 0.319 e. The van der Waals surface area contributed by atoms with Gasteiger partial charge in [-0.2, -0.15) is 10.4 Å². The summed E-state index contributed by atoms with van der Waals surface area (Å²) in [5.41, 5.74) is 2.68. The van der Waals surface area contributed by atoms with E-state index in [1.54, 1.807) is 34.8 Å². The molecule has 1 aromatic carbocycles. The van der Waals surface area contributed by atoms with E-state index in [-0.39, 0.29) is 5.69 Å². The van der Waals surface area contributed by atoms with Crippen molar-refractivity contribution in [1.82, 2.24) is 14.6 Å². The number of carbonyl (C=O) groups is 1. The molecular weight excluding hydrogens is 326 g/mol. The van der Waals surface area contributed by atoms with E-state index in [0.717, 1.165) is 18.5 Å². The molecule has 1 N–H and O–H groups in total. The predicted molar refractivity (Wildman–Crippen MR) is 89.1 cm³/mol. The van der Waals surface area contributed by atoms with Gasteiger partial charge in [0.15, 0.2) is 5.65 Å². The third-order valence-electron chi connectivity index (χ3n) is 3.92. The van der Waals surface area contributed by atoms with Gasteiger partial charge in [0.25, 0.3) is 5.91 Å². The first-order valence-corrected chi connectivity index (χ1v) is 7.89. The highest BCUT2D eigenvalue weighted by atomic mass is 35.5. The van der Waals surface area contributed by atoms with E-state index in [9.17, 15) is 4.79 Å². The molecule has 0 radical (unpaired) electrons. The fourth-order valence-electron chi connectivity index (χ4n) is 2.50. The predicted octanol–water partition coefficient (Wildman–Crippen LogP) is 3.38. The Morgan fingerprint density at radius 3 is 2.92 bits per heavy atom. The van der Waals surface area contributed by atoms with Gasteiger partial charge >= 0.3 is 0 Å². The quantitative estimate of drug-likeness (QED) is 0.794. The summed E-state index contributed by atoms with van der Waals surface area (Å²) in [6, 6.07) is 10.1. The summed E-state index contributed by atoms with van der Waals surface area (Å²) in [7, 11) is 0. The van der Waals surface area contributed by atoms with Crippen LogP contribution in [0, 0.1) is 11.3 Å². The third kappa shape index (κ3) is 2.70. The third-order valence-corrected chi connectivity index (χ3v) is 4.15. The van der Waals surface area contributed by atoms with E-state index in [1.165, 1.54) is 0 Å². The molecule has 3 aromatic rings. The summed E-state index contributed by atoms with van der Waals surface area (Å²) >= 11 is 5.93. The highest BCUT2D eigenvalue weighted by molar-refractivity contribution is 6.31. The molecule has 24 heavy (non-hydrogen) atoms. The van der Waals surface area contributed by atoms with Crippen LogP contribution in [0.15, 0.2) is 36.5 Å². The van der Waals surface area contributed by atoms with E-state index in [2.05, 4.69) is 15.4 Å². The maximum atomic E-state index is 12.4. The zero-order chi connectivity index (χ0) is 16.7. The van der Waals surface area contributed by atoms with E-state index in [0.29, 0.717) is 27.8 Å². The number of fused-ring (bicyclic) bond motifs is 1. The molecule has 2 heterocycles. The van der Waals surface area contributed by atoms with Crippen LogP contribution in [0.2, 0.25) is 5.02 Å². The maximum absolute atomic E-state index is 12.4. The van der Waals surface area contributed by atoms with Crippen molar-refractivity contribution in [2.75, 3.05) is 5.32 Å². The van der Waals surface area contributed by atoms with Gasteiger partial charge in [-0.25, -0.2) is 9.50 Å². The van der Waals surface area contributed by atoms with Crippen molar-refractivity contribution in [2.45, 2.75) is 18.8 Å². The number of nitrogens with one attached hydrogen (secondary N) is 1. The van der Waals surface area contributed by atoms with E-state index < -0.39 is 5.91 Å². The van der Waals surface area contributed by atoms with Crippen LogP contribution in [-0.2, 0) is 0 Å². The number of hydrogen-bond donors (Lipinski definition) is 1. The summed E-state index contributed by atoms with van der Waals surface area (Å²) in [5.74, 6) is 0.117. The number of nitrogens with zero attached hydrogens (tertiary/aromatic N) is 4. The molecule has 1 aliphatic carbocycles. The summed E-state index contributed by atoms with van der Waals surface area (Å²) in [4.78, 5) is 16.9. The molecule has 118 valence electrons. The molecule has 1 amide bonds. The summed E-state index contributed by atoms with van der Waals surface area (Å²) in [5, 5.41) is 16.6. The lowest BCUT2D eigenvalue weighted by Crippen LogP contribution is -2.15. The van der Waals surface area contributed by atoms with Crippen molar-refractivity contribution >= 4 is 28.8 Å². The number of halogens is 1. The van der Waals surface area contributed by atoms with Crippen molar-refractivity contribution in [3.8, 4) is 6.07 Å². The SMILES string of the molecule is N#Cc1ccc(Cl)cc1NC(=O)c1ccc2nc(C3CC3)cn2n1. The molecule has 1 saturated carbocycles. The first kappa shape index (κ1) is 14.7. The molecule has 4 rings (SSSR count). The van der Waals surface area contributed by atoms with Gasteiger partial charge in [-0.05, 0) is 43.2 Å².